The second kappa shape index (κ2) is 7.46. The van der Waals surface area contributed by atoms with E-state index < -0.39 is 0 Å². The number of piperidine rings is 1. The number of hydrogen-bond acceptors (Lipinski definition) is 4. The maximum Gasteiger partial charge on any atom is 0.128 e. The molecule has 0 aromatic carbocycles. The van der Waals surface area contributed by atoms with Gasteiger partial charge in [-0.05, 0) is 43.4 Å². The second-order valence-electron chi connectivity index (χ2n) is 5.27. The second-order valence-corrected chi connectivity index (χ2v) is 5.27. The van der Waals surface area contributed by atoms with E-state index in [9.17, 15) is 0 Å². The van der Waals surface area contributed by atoms with E-state index in [1.165, 1.54) is 18.4 Å². The van der Waals surface area contributed by atoms with Crippen LogP contribution in [0.25, 0.3) is 0 Å². The smallest absolute Gasteiger partial charge is 0.128 e. The van der Waals surface area contributed by atoms with Crippen molar-refractivity contribution in [3.8, 4) is 0 Å². The molecule has 0 spiro atoms. The lowest BCUT2D eigenvalue weighted by molar-refractivity contribution is 0.244. The molecule has 1 unspecified atom stereocenters. The SMILES string of the molecule is CCNCc1ccc(N2CCCC(CCO)C2)nc1. The number of anilines is 1. The van der Waals surface area contributed by atoms with E-state index in [1.54, 1.807) is 0 Å². The van der Waals surface area contributed by atoms with Crippen LogP contribution >= 0.6 is 0 Å². The van der Waals surface area contributed by atoms with Gasteiger partial charge in [0.1, 0.15) is 5.82 Å². The highest BCUT2D eigenvalue weighted by Crippen LogP contribution is 2.23. The van der Waals surface area contributed by atoms with Crippen LogP contribution in [0.4, 0.5) is 5.82 Å². The van der Waals surface area contributed by atoms with Crippen molar-refractivity contribution < 1.29 is 5.11 Å². The lowest BCUT2D eigenvalue weighted by Gasteiger charge is -2.33. The van der Waals surface area contributed by atoms with Gasteiger partial charge in [0.15, 0.2) is 0 Å². The topological polar surface area (TPSA) is 48.4 Å². The number of rotatable bonds is 6. The lowest BCUT2D eigenvalue weighted by Crippen LogP contribution is -2.36. The van der Waals surface area contributed by atoms with Crippen molar-refractivity contribution in [1.82, 2.24) is 10.3 Å². The molecular weight excluding hydrogens is 238 g/mol. The summed E-state index contributed by atoms with van der Waals surface area (Å²) < 4.78 is 0. The molecule has 1 fully saturated rings. The minimum absolute atomic E-state index is 0.299. The number of aromatic nitrogens is 1. The zero-order chi connectivity index (χ0) is 13.5. The quantitative estimate of drug-likeness (QED) is 0.821. The molecule has 0 amide bonds. The third-order valence-corrected chi connectivity index (χ3v) is 3.77. The van der Waals surface area contributed by atoms with Crippen molar-refractivity contribution in [2.45, 2.75) is 32.7 Å². The number of pyridine rings is 1. The third kappa shape index (κ3) is 4.18. The minimum atomic E-state index is 0.299. The summed E-state index contributed by atoms with van der Waals surface area (Å²) in [5.41, 5.74) is 1.23. The monoisotopic (exact) mass is 263 g/mol. The Morgan fingerprint density at radius 1 is 1.47 bits per heavy atom. The molecule has 1 atom stereocenters. The van der Waals surface area contributed by atoms with Crippen LogP contribution in [0.2, 0.25) is 0 Å². The van der Waals surface area contributed by atoms with Gasteiger partial charge < -0.3 is 15.3 Å². The zero-order valence-corrected chi connectivity index (χ0v) is 11.8. The van der Waals surface area contributed by atoms with Crippen molar-refractivity contribution in [3.05, 3.63) is 23.9 Å². The molecule has 4 nitrogen and oxygen atoms in total. The number of aliphatic hydroxyl groups excluding tert-OH is 1. The van der Waals surface area contributed by atoms with Crippen molar-refractivity contribution >= 4 is 5.82 Å². The zero-order valence-electron chi connectivity index (χ0n) is 11.8. The molecule has 106 valence electrons. The fourth-order valence-electron chi connectivity index (χ4n) is 2.67. The van der Waals surface area contributed by atoms with Crippen molar-refractivity contribution in [3.63, 3.8) is 0 Å². The normalized spacial score (nSPS) is 19.7. The van der Waals surface area contributed by atoms with E-state index in [4.69, 9.17) is 5.11 Å². The maximum atomic E-state index is 9.05. The van der Waals surface area contributed by atoms with Gasteiger partial charge in [-0.2, -0.15) is 0 Å². The molecule has 19 heavy (non-hydrogen) atoms. The van der Waals surface area contributed by atoms with Crippen LogP contribution in [0, 0.1) is 5.92 Å². The van der Waals surface area contributed by atoms with Gasteiger partial charge in [0.2, 0.25) is 0 Å². The highest BCUT2D eigenvalue weighted by Gasteiger charge is 2.20. The average Bonchev–Trinajstić information content (AvgIpc) is 2.46. The lowest BCUT2D eigenvalue weighted by atomic mass is 9.95. The molecule has 2 rings (SSSR count). The molecule has 0 bridgehead atoms. The Bertz CT molecular complexity index is 364. The summed E-state index contributed by atoms with van der Waals surface area (Å²) in [5, 5.41) is 12.4. The molecule has 1 aliphatic rings. The van der Waals surface area contributed by atoms with E-state index >= 15 is 0 Å². The van der Waals surface area contributed by atoms with Crippen LogP contribution in [0.3, 0.4) is 0 Å². The Balaban J connectivity index is 1.93. The molecule has 0 saturated carbocycles. The molecular formula is C15H25N3O. The van der Waals surface area contributed by atoms with E-state index in [-0.39, 0.29) is 0 Å². The molecule has 1 saturated heterocycles. The van der Waals surface area contributed by atoms with Crippen LogP contribution in [-0.2, 0) is 6.54 Å². The first-order chi connectivity index (χ1) is 9.33. The minimum Gasteiger partial charge on any atom is -0.396 e. The Hall–Kier alpha value is -1.13. The van der Waals surface area contributed by atoms with E-state index in [2.05, 4.69) is 34.3 Å². The number of nitrogens with zero attached hydrogens (tertiary/aromatic N) is 2. The van der Waals surface area contributed by atoms with Gasteiger partial charge in [0, 0.05) is 32.4 Å². The summed E-state index contributed by atoms with van der Waals surface area (Å²) in [5.74, 6) is 1.69. The van der Waals surface area contributed by atoms with Crippen LogP contribution < -0.4 is 10.2 Å². The molecule has 2 heterocycles. The van der Waals surface area contributed by atoms with Crippen molar-refractivity contribution in [2.24, 2.45) is 5.92 Å². The molecule has 1 aliphatic heterocycles. The van der Waals surface area contributed by atoms with Crippen molar-refractivity contribution in [1.29, 1.82) is 0 Å². The van der Waals surface area contributed by atoms with E-state index in [1.807, 2.05) is 6.20 Å². The average molecular weight is 263 g/mol. The largest absolute Gasteiger partial charge is 0.396 e. The highest BCUT2D eigenvalue weighted by atomic mass is 16.3. The van der Waals surface area contributed by atoms with Crippen LogP contribution in [-0.4, -0.2) is 36.3 Å². The predicted octanol–water partition coefficient (Wildman–Crippen LogP) is 1.79. The summed E-state index contributed by atoms with van der Waals surface area (Å²) >= 11 is 0. The van der Waals surface area contributed by atoms with Gasteiger partial charge in [-0.15, -0.1) is 0 Å². The van der Waals surface area contributed by atoms with Gasteiger partial charge in [-0.1, -0.05) is 13.0 Å². The van der Waals surface area contributed by atoms with Crippen LogP contribution in [0.5, 0.6) is 0 Å². The Labute approximate surface area is 115 Å². The predicted molar refractivity (Wildman–Crippen MR) is 78.3 cm³/mol. The Morgan fingerprint density at radius 2 is 2.37 bits per heavy atom. The van der Waals surface area contributed by atoms with Gasteiger partial charge in [-0.25, -0.2) is 4.98 Å². The first kappa shape index (κ1) is 14.3. The molecule has 4 heteroatoms. The summed E-state index contributed by atoms with van der Waals surface area (Å²) in [4.78, 5) is 6.92. The number of aliphatic hydroxyl groups is 1. The summed E-state index contributed by atoms with van der Waals surface area (Å²) in [6.45, 7) is 6.39. The van der Waals surface area contributed by atoms with Crippen LogP contribution in [0.1, 0.15) is 31.7 Å². The van der Waals surface area contributed by atoms with E-state index in [0.29, 0.717) is 12.5 Å². The first-order valence-corrected chi connectivity index (χ1v) is 7.35. The molecule has 1 aromatic heterocycles. The molecule has 0 radical (unpaired) electrons. The van der Waals surface area contributed by atoms with Crippen molar-refractivity contribution in [2.75, 3.05) is 31.1 Å². The van der Waals surface area contributed by atoms with E-state index in [0.717, 1.165) is 38.4 Å². The van der Waals surface area contributed by atoms with Gasteiger partial charge in [0.05, 0.1) is 0 Å². The van der Waals surface area contributed by atoms with Crippen LogP contribution in [0.15, 0.2) is 18.3 Å². The molecule has 2 N–H and O–H groups in total. The van der Waals surface area contributed by atoms with Gasteiger partial charge >= 0.3 is 0 Å². The summed E-state index contributed by atoms with van der Waals surface area (Å²) in [6, 6.07) is 4.27. The molecule has 0 aliphatic carbocycles. The van der Waals surface area contributed by atoms with Gasteiger partial charge in [-0.3, -0.25) is 0 Å². The molecule has 1 aromatic rings. The third-order valence-electron chi connectivity index (χ3n) is 3.77. The summed E-state index contributed by atoms with van der Waals surface area (Å²) in [7, 11) is 0. The first-order valence-electron chi connectivity index (χ1n) is 7.35. The number of nitrogens with one attached hydrogen (secondary N) is 1. The Kier molecular flexibility index (Phi) is 5.61. The van der Waals surface area contributed by atoms with Gasteiger partial charge in [0.25, 0.3) is 0 Å². The fourth-order valence-corrected chi connectivity index (χ4v) is 2.67. The highest BCUT2D eigenvalue weighted by molar-refractivity contribution is 5.39. The Morgan fingerprint density at radius 3 is 3.05 bits per heavy atom. The fraction of sp³-hybridized carbons (Fsp3) is 0.667. The summed E-state index contributed by atoms with van der Waals surface area (Å²) in [6.07, 6.45) is 5.31. The standard InChI is InChI=1S/C15H25N3O/c1-2-16-10-14-5-6-15(17-11-14)18-8-3-4-13(12-18)7-9-19/h5-6,11,13,16,19H,2-4,7-10,12H2,1H3. The number of hydrogen-bond donors (Lipinski definition) is 2. The maximum absolute atomic E-state index is 9.05.